The molecule has 0 aromatic rings. The van der Waals surface area contributed by atoms with Crippen molar-refractivity contribution in [3.63, 3.8) is 0 Å². The third-order valence-corrected chi connectivity index (χ3v) is 3.44. The molecule has 0 aliphatic heterocycles. The van der Waals surface area contributed by atoms with Gasteiger partial charge >= 0.3 is 0 Å². The molecule has 2 aliphatic carbocycles. The summed E-state index contributed by atoms with van der Waals surface area (Å²) in [5.74, 6) is 0. The van der Waals surface area contributed by atoms with Crippen LogP contribution >= 0.6 is 0 Å². The minimum absolute atomic E-state index is 0.00694. The molecule has 0 unspecified atom stereocenters. The molecule has 0 amide bonds. The first kappa shape index (κ1) is 11.4. The molecule has 0 aromatic carbocycles. The standard InChI is InChI=1S/C12H22O3/c13-9-12(14-10-5-1-2-6-10)15-11-7-3-4-8-11/h10-13H,1-9H2. The molecule has 2 rings (SSSR count). The van der Waals surface area contributed by atoms with Gasteiger partial charge in [0.2, 0.25) is 0 Å². The van der Waals surface area contributed by atoms with Crippen LogP contribution in [0.4, 0.5) is 0 Å². The zero-order chi connectivity index (χ0) is 10.5. The number of hydrogen-bond donors (Lipinski definition) is 1. The predicted octanol–water partition coefficient (Wildman–Crippen LogP) is 2.22. The molecule has 0 bridgehead atoms. The van der Waals surface area contributed by atoms with E-state index in [1.54, 1.807) is 0 Å². The van der Waals surface area contributed by atoms with Gasteiger partial charge < -0.3 is 14.6 Å². The molecule has 0 radical (unpaired) electrons. The van der Waals surface area contributed by atoms with Crippen LogP contribution in [0.25, 0.3) is 0 Å². The Morgan fingerprint density at radius 3 is 1.60 bits per heavy atom. The molecule has 3 heteroatoms. The molecular formula is C12H22O3. The van der Waals surface area contributed by atoms with Gasteiger partial charge in [0, 0.05) is 0 Å². The summed E-state index contributed by atoms with van der Waals surface area (Å²) >= 11 is 0. The average Bonchev–Trinajstić information content (AvgIpc) is 2.89. The van der Waals surface area contributed by atoms with E-state index in [-0.39, 0.29) is 12.9 Å². The Hall–Kier alpha value is -0.120. The maximum absolute atomic E-state index is 9.20. The molecule has 2 saturated carbocycles. The number of hydrogen-bond acceptors (Lipinski definition) is 3. The average molecular weight is 214 g/mol. The van der Waals surface area contributed by atoms with E-state index in [1.165, 1.54) is 25.7 Å². The molecule has 2 aliphatic rings. The first-order chi connectivity index (χ1) is 7.38. The third kappa shape index (κ3) is 3.44. The largest absolute Gasteiger partial charge is 0.391 e. The zero-order valence-corrected chi connectivity index (χ0v) is 9.36. The molecule has 0 aromatic heterocycles. The van der Waals surface area contributed by atoms with Crippen molar-refractivity contribution in [2.45, 2.75) is 69.9 Å². The van der Waals surface area contributed by atoms with Gasteiger partial charge in [0.1, 0.15) is 0 Å². The van der Waals surface area contributed by atoms with Gasteiger partial charge in [0.15, 0.2) is 6.29 Å². The fourth-order valence-corrected chi connectivity index (χ4v) is 2.60. The molecule has 0 atom stereocenters. The summed E-state index contributed by atoms with van der Waals surface area (Å²) in [5, 5.41) is 9.20. The van der Waals surface area contributed by atoms with E-state index >= 15 is 0 Å². The van der Waals surface area contributed by atoms with Crippen molar-refractivity contribution in [1.29, 1.82) is 0 Å². The summed E-state index contributed by atoms with van der Waals surface area (Å²) in [4.78, 5) is 0. The summed E-state index contributed by atoms with van der Waals surface area (Å²) in [7, 11) is 0. The Kier molecular flexibility index (Phi) is 4.42. The van der Waals surface area contributed by atoms with Gasteiger partial charge in [0.05, 0.1) is 18.8 Å². The maximum atomic E-state index is 9.20. The van der Waals surface area contributed by atoms with Crippen LogP contribution in [0.3, 0.4) is 0 Å². The monoisotopic (exact) mass is 214 g/mol. The fraction of sp³-hybridized carbons (Fsp3) is 1.00. The van der Waals surface area contributed by atoms with Gasteiger partial charge in [-0.1, -0.05) is 25.7 Å². The molecule has 15 heavy (non-hydrogen) atoms. The topological polar surface area (TPSA) is 38.7 Å². The predicted molar refractivity (Wildman–Crippen MR) is 57.6 cm³/mol. The van der Waals surface area contributed by atoms with Gasteiger partial charge in [-0.15, -0.1) is 0 Å². The molecule has 0 spiro atoms. The molecule has 0 heterocycles. The molecule has 0 saturated heterocycles. The van der Waals surface area contributed by atoms with Crippen molar-refractivity contribution in [3.05, 3.63) is 0 Å². The highest BCUT2D eigenvalue weighted by Crippen LogP contribution is 2.26. The van der Waals surface area contributed by atoms with Crippen molar-refractivity contribution in [2.75, 3.05) is 6.61 Å². The highest BCUT2D eigenvalue weighted by atomic mass is 16.7. The van der Waals surface area contributed by atoms with E-state index in [9.17, 15) is 5.11 Å². The lowest BCUT2D eigenvalue weighted by molar-refractivity contribution is -0.207. The Bertz CT molecular complexity index is 154. The van der Waals surface area contributed by atoms with Crippen molar-refractivity contribution >= 4 is 0 Å². The highest BCUT2D eigenvalue weighted by molar-refractivity contribution is 4.70. The summed E-state index contributed by atoms with van der Waals surface area (Å²) in [6.07, 6.45) is 9.81. The second kappa shape index (κ2) is 5.83. The van der Waals surface area contributed by atoms with Gasteiger partial charge in [-0.3, -0.25) is 0 Å². The van der Waals surface area contributed by atoms with Crippen LogP contribution in [0.5, 0.6) is 0 Å². The number of ether oxygens (including phenoxy) is 2. The number of aliphatic hydroxyl groups is 1. The van der Waals surface area contributed by atoms with Crippen LogP contribution < -0.4 is 0 Å². The van der Waals surface area contributed by atoms with Crippen LogP contribution in [-0.4, -0.2) is 30.2 Å². The quantitative estimate of drug-likeness (QED) is 0.713. The van der Waals surface area contributed by atoms with E-state index in [2.05, 4.69) is 0 Å². The number of aliphatic hydroxyl groups excluding tert-OH is 1. The van der Waals surface area contributed by atoms with E-state index < -0.39 is 0 Å². The number of rotatable bonds is 5. The molecule has 2 fully saturated rings. The SMILES string of the molecule is OCC(OC1CCCC1)OC1CCCC1. The first-order valence-electron chi connectivity index (χ1n) is 6.30. The van der Waals surface area contributed by atoms with Crippen LogP contribution in [0.2, 0.25) is 0 Å². The minimum atomic E-state index is -0.379. The Morgan fingerprint density at radius 1 is 0.867 bits per heavy atom. The zero-order valence-electron chi connectivity index (χ0n) is 9.36. The van der Waals surface area contributed by atoms with E-state index in [1.807, 2.05) is 0 Å². The molecule has 3 nitrogen and oxygen atoms in total. The van der Waals surface area contributed by atoms with E-state index in [4.69, 9.17) is 9.47 Å². The lowest BCUT2D eigenvalue weighted by Crippen LogP contribution is -2.29. The molecular weight excluding hydrogens is 192 g/mol. The summed E-state index contributed by atoms with van der Waals surface area (Å²) < 4.78 is 11.5. The lowest BCUT2D eigenvalue weighted by Gasteiger charge is -2.23. The van der Waals surface area contributed by atoms with Crippen molar-refractivity contribution in [3.8, 4) is 0 Å². The fourth-order valence-electron chi connectivity index (χ4n) is 2.60. The highest BCUT2D eigenvalue weighted by Gasteiger charge is 2.24. The second-order valence-corrected chi connectivity index (χ2v) is 4.70. The Morgan fingerprint density at radius 2 is 1.27 bits per heavy atom. The van der Waals surface area contributed by atoms with Crippen LogP contribution in [0.1, 0.15) is 51.4 Å². The summed E-state index contributed by atoms with van der Waals surface area (Å²) in [6.45, 7) is -0.00694. The second-order valence-electron chi connectivity index (χ2n) is 4.70. The lowest BCUT2D eigenvalue weighted by atomic mass is 10.3. The first-order valence-corrected chi connectivity index (χ1v) is 6.30. The normalized spacial score (nSPS) is 24.4. The van der Waals surface area contributed by atoms with Crippen LogP contribution in [0, 0.1) is 0 Å². The minimum Gasteiger partial charge on any atom is -0.391 e. The Labute approximate surface area is 91.8 Å². The molecule has 1 N–H and O–H groups in total. The summed E-state index contributed by atoms with van der Waals surface area (Å²) in [6, 6.07) is 0. The third-order valence-electron chi connectivity index (χ3n) is 3.44. The van der Waals surface area contributed by atoms with Crippen molar-refractivity contribution in [1.82, 2.24) is 0 Å². The van der Waals surface area contributed by atoms with Gasteiger partial charge in [-0.05, 0) is 25.7 Å². The van der Waals surface area contributed by atoms with E-state index in [0.717, 1.165) is 25.7 Å². The van der Waals surface area contributed by atoms with Gasteiger partial charge in [-0.25, -0.2) is 0 Å². The van der Waals surface area contributed by atoms with Crippen molar-refractivity contribution < 1.29 is 14.6 Å². The Balaban J connectivity index is 1.70. The van der Waals surface area contributed by atoms with Gasteiger partial charge in [-0.2, -0.15) is 0 Å². The maximum Gasteiger partial charge on any atom is 0.181 e. The van der Waals surface area contributed by atoms with Crippen molar-refractivity contribution in [2.24, 2.45) is 0 Å². The molecule has 88 valence electrons. The summed E-state index contributed by atoms with van der Waals surface area (Å²) in [5.41, 5.74) is 0. The van der Waals surface area contributed by atoms with Crippen LogP contribution in [-0.2, 0) is 9.47 Å². The smallest absolute Gasteiger partial charge is 0.181 e. The van der Waals surface area contributed by atoms with E-state index in [0.29, 0.717) is 12.2 Å². The van der Waals surface area contributed by atoms with Gasteiger partial charge in [0.25, 0.3) is 0 Å². The van der Waals surface area contributed by atoms with Crippen LogP contribution in [0.15, 0.2) is 0 Å².